The Bertz CT molecular complexity index is 470. The molecule has 0 heterocycles. The van der Waals surface area contributed by atoms with Crippen molar-refractivity contribution < 1.29 is 22.7 Å². The Hall–Kier alpha value is -1.76. The number of ether oxygens (including phenoxy) is 1. The van der Waals surface area contributed by atoms with E-state index in [4.69, 9.17) is 0 Å². The molecule has 2 rings (SSSR count). The van der Waals surface area contributed by atoms with Gasteiger partial charge < -0.3 is 15.4 Å². The lowest BCUT2D eigenvalue weighted by Crippen LogP contribution is -2.34. The summed E-state index contributed by atoms with van der Waals surface area (Å²) in [5, 5.41) is 5.83. The van der Waals surface area contributed by atoms with Crippen LogP contribution in [0.3, 0.4) is 0 Å². The average Bonchev–Trinajstić information content (AvgIpc) is 3.25. The van der Waals surface area contributed by atoms with E-state index >= 15 is 0 Å². The van der Waals surface area contributed by atoms with Crippen LogP contribution in [-0.4, -0.2) is 31.3 Å². The Morgan fingerprint density at radius 2 is 1.90 bits per heavy atom. The van der Waals surface area contributed by atoms with Gasteiger partial charge in [-0.15, -0.1) is 0 Å². The normalized spacial score (nSPS) is 14.8. The molecule has 0 atom stereocenters. The fourth-order valence-electron chi connectivity index (χ4n) is 1.66. The van der Waals surface area contributed by atoms with Crippen LogP contribution in [0, 0.1) is 0 Å². The molecule has 0 bridgehead atoms. The van der Waals surface area contributed by atoms with Crippen molar-refractivity contribution in [3.8, 4) is 5.75 Å². The summed E-state index contributed by atoms with van der Waals surface area (Å²) in [7, 11) is 0. The van der Waals surface area contributed by atoms with E-state index in [9.17, 15) is 18.0 Å². The van der Waals surface area contributed by atoms with Crippen molar-refractivity contribution in [2.75, 3.05) is 13.2 Å². The van der Waals surface area contributed by atoms with Gasteiger partial charge >= 0.3 is 6.18 Å². The van der Waals surface area contributed by atoms with E-state index in [-0.39, 0.29) is 18.2 Å². The van der Waals surface area contributed by atoms with Crippen LogP contribution in [0.2, 0.25) is 0 Å². The molecule has 1 amide bonds. The SMILES string of the molecule is O=C(CNC1CC1)NCc1ccc(OCC(F)(F)F)cc1. The zero-order valence-corrected chi connectivity index (χ0v) is 11.4. The molecular weight excluding hydrogens is 285 g/mol. The topological polar surface area (TPSA) is 50.4 Å². The van der Waals surface area contributed by atoms with Crippen molar-refractivity contribution in [2.45, 2.75) is 31.6 Å². The summed E-state index contributed by atoms with van der Waals surface area (Å²) < 4.78 is 40.6. The number of nitrogens with one attached hydrogen (secondary N) is 2. The van der Waals surface area contributed by atoms with Crippen LogP contribution in [0.1, 0.15) is 18.4 Å². The molecule has 1 aromatic carbocycles. The second-order valence-electron chi connectivity index (χ2n) is 4.98. The Balaban J connectivity index is 1.69. The number of hydrogen-bond acceptors (Lipinski definition) is 3. The Morgan fingerprint density at radius 1 is 1.24 bits per heavy atom. The smallest absolute Gasteiger partial charge is 0.422 e. The summed E-state index contributed by atoms with van der Waals surface area (Å²) in [5.41, 5.74) is 0.800. The third-order valence-electron chi connectivity index (χ3n) is 2.94. The second-order valence-corrected chi connectivity index (χ2v) is 4.98. The van der Waals surface area contributed by atoms with E-state index < -0.39 is 12.8 Å². The molecular formula is C14H17F3N2O2. The quantitative estimate of drug-likeness (QED) is 0.810. The zero-order valence-electron chi connectivity index (χ0n) is 11.4. The van der Waals surface area contributed by atoms with E-state index in [1.54, 1.807) is 12.1 Å². The number of hydrogen-bond donors (Lipinski definition) is 2. The molecule has 0 unspecified atom stereocenters. The van der Waals surface area contributed by atoms with Crippen LogP contribution in [0.15, 0.2) is 24.3 Å². The van der Waals surface area contributed by atoms with Gasteiger partial charge in [-0.25, -0.2) is 0 Å². The van der Waals surface area contributed by atoms with E-state index in [1.807, 2.05) is 0 Å². The third-order valence-corrected chi connectivity index (χ3v) is 2.94. The zero-order chi connectivity index (χ0) is 15.3. The molecule has 0 spiro atoms. The summed E-state index contributed by atoms with van der Waals surface area (Å²) in [5.74, 6) is 0.0529. The highest BCUT2D eigenvalue weighted by molar-refractivity contribution is 5.78. The number of rotatable bonds is 7. The molecule has 7 heteroatoms. The van der Waals surface area contributed by atoms with Gasteiger partial charge in [-0.3, -0.25) is 4.79 Å². The Morgan fingerprint density at radius 3 is 2.48 bits per heavy atom. The van der Waals surface area contributed by atoms with Crippen molar-refractivity contribution >= 4 is 5.91 Å². The van der Waals surface area contributed by atoms with Crippen molar-refractivity contribution in [3.63, 3.8) is 0 Å². The maximum Gasteiger partial charge on any atom is 0.422 e. The Kier molecular flexibility index (Phi) is 5.06. The highest BCUT2D eigenvalue weighted by Gasteiger charge is 2.28. The van der Waals surface area contributed by atoms with Crippen LogP contribution in [0.4, 0.5) is 13.2 Å². The van der Waals surface area contributed by atoms with Crippen LogP contribution in [0.25, 0.3) is 0 Å². The lowest BCUT2D eigenvalue weighted by atomic mass is 10.2. The minimum atomic E-state index is -4.35. The van der Waals surface area contributed by atoms with Crippen molar-refractivity contribution in [3.05, 3.63) is 29.8 Å². The summed E-state index contributed by atoms with van der Waals surface area (Å²) in [4.78, 5) is 11.5. The first-order valence-corrected chi connectivity index (χ1v) is 6.71. The van der Waals surface area contributed by atoms with Gasteiger partial charge in [0.15, 0.2) is 6.61 Å². The largest absolute Gasteiger partial charge is 0.484 e. The molecule has 1 fully saturated rings. The van der Waals surface area contributed by atoms with Gasteiger partial charge in [0.1, 0.15) is 5.75 Å². The number of carbonyl (C=O) groups is 1. The summed E-state index contributed by atoms with van der Waals surface area (Å²) in [6, 6.07) is 6.63. The first-order chi connectivity index (χ1) is 9.92. The van der Waals surface area contributed by atoms with Crippen LogP contribution in [0.5, 0.6) is 5.75 Å². The van der Waals surface area contributed by atoms with Crippen LogP contribution >= 0.6 is 0 Å². The van der Waals surface area contributed by atoms with Gasteiger partial charge in [0.25, 0.3) is 0 Å². The fraction of sp³-hybridized carbons (Fsp3) is 0.500. The van der Waals surface area contributed by atoms with Gasteiger partial charge in [-0.1, -0.05) is 12.1 Å². The second kappa shape index (κ2) is 6.80. The van der Waals surface area contributed by atoms with Gasteiger partial charge in [0.05, 0.1) is 6.54 Å². The first-order valence-electron chi connectivity index (χ1n) is 6.71. The minimum absolute atomic E-state index is 0.0979. The minimum Gasteiger partial charge on any atom is -0.484 e. The lowest BCUT2D eigenvalue weighted by Gasteiger charge is -2.10. The summed E-state index contributed by atoms with van der Waals surface area (Å²) in [6.45, 7) is -0.682. The maximum atomic E-state index is 12.0. The summed E-state index contributed by atoms with van der Waals surface area (Å²) >= 11 is 0. The predicted octanol–water partition coefficient (Wildman–Crippen LogP) is 2.00. The van der Waals surface area contributed by atoms with E-state index in [2.05, 4.69) is 15.4 Å². The van der Waals surface area contributed by atoms with Crippen LogP contribution in [-0.2, 0) is 11.3 Å². The third kappa shape index (κ3) is 6.48. The standard InChI is InChI=1S/C14H17F3N2O2/c15-14(16,17)9-21-12-5-1-10(2-6-12)7-19-13(20)8-18-11-3-4-11/h1-2,5-6,11,18H,3-4,7-9H2,(H,19,20). The molecule has 4 nitrogen and oxygen atoms in total. The maximum absolute atomic E-state index is 12.0. The fourth-order valence-corrected chi connectivity index (χ4v) is 1.66. The van der Waals surface area contributed by atoms with E-state index in [1.165, 1.54) is 12.1 Å². The molecule has 1 saturated carbocycles. The van der Waals surface area contributed by atoms with Gasteiger partial charge in [0.2, 0.25) is 5.91 Å². The molecule has 116 valence electrons. The molecule has 21 heavy (non-hydrogen) atoms. The molecule has 1 aromatic rings. The van der Waals surface area contributed by atoms with Crippen molar-refractivity contribution in [2.24, 2.45) is 0 Å². The predicted molar refractivity (Wildman–Crippen MR) is 70.9 cm³/mol. The lowest BCUT2D eigenvalue weighted by molar-refractivity contribution is -0.153. The summed E-state index contributed by atoms with van der Waals surface area (Å²) in [6.07, 6.45) is -2.11. The number of alkyl halides is 3. The molecule has 0 aromatic heterocycles. The molecule has 0 aliphatic heterocycles. The number of carbonyl (C=O) groups excluding carboxylic acids is 1. The van der Waals surface area contributed by atoms with Crippen molar-refractivity contribution in [1.29, 1.82) is 0 Å². The van der Waals surface area contributed by atoms with Gasteiger partial charge in [-0.05, 0) is 30.5 Å². The van der Waals surface area contributed by atoms with E-state index in [0.29, 0.717) is 12.6 Å². The number of halogens is 3. The highest BCUT2D eigenvalue weighted by Crippen LogP contribution is 2.19. The molecule has 0 saturated heterocycles. The Labute approximate surface area is 120 Å². The number of benzene rings is 1. The average molecular weight is 302 g/mol. The monoisotopic (exact) mass is 302 g/mol. The van der Waals surface area contributed by atoms with Crippen LogP contribution < -0.4 is 15.4 Å². The van der Waals surface area contributed by atoms with Crippen molar-refractivity contribution in [1.82, 2.24) is 10.6 Å². The van der Waals surface area contributed by atoms with E-state index in [0.717, 1.165) is 18.4 Å². The molecule has 1 aliphatic carbocycles. The first kappa shape index (κ1) is 15.6. The molecule has 2 N–H and O–H groups in total. The molecule has 1 aliphatic rings. The highest BCUT2D eigenvalue weighted by atomic mass is 19.4. The van der Waals surface area contributed by atoms with Gasteiger partial charge in [-0.2, -0.15) is 13.2 Å². The number of amides is 1. The van der Waals surface area contributed by atoms with Gasteiger partial charge in [0, 0.05) is 12.6 Å². The molecule has 0 radical (unpaired) electrons.